The van der Waals surface area contributed by atoms with Crippen molar-refractivity contribution < 1.29 is 0 Å². The van der Waals surface area contributed by atoms with Crippen LogP contribution in [-0.4, -0.2) is 15.5 Å². The summed E-state index contributed by atoms with van der Waals surface area (Å²) in [6.07, 6.45) is 4.44. The second-order valence-corrected chi connectivity index (χ2v) is 8.01. The third-order valence-corrected chi connectivity index (χ3v) is 4.70. The molecule has 0 aliphatic heterocycles. The Kier molecular flexibility index (Phi) is 3.84. The SMILES string of the molecule is Cc1ccnc(-c2nc(C3CC3)c(CNC(C)(C)C)s2)c1. The molecule has 0 spiro atoms. The number of nitrogens with zero attached hydrogens (tertiary/aromatic N) is 2. The minimum atomic E-state index is 0.132. The zero-order valence-electron chi connectivity index (χ0n) is 13.2. The van der Waals surface area contributed by atoms with Crippen LogP contribution < -0.4 is 5.32 Å². The van der Waals surface area contributed by atoms with E-state index >= 15 is 0 Å². The molecule has 1 aliphatic rings. The monoisotopic (exact) mass is 301 g/mol. The number of nitrogens with one attached hydrogen (secondary N) is 1. The summed E-state index contributed by atoms with van der Waals surface area (Å²) in [5.74, 6) is 0.677. The van der Waals surface area contributed by atoms with Gasteiger partial charge >= 0.3 is 0 Å². The van der Waals surface area contributed by atoms with Gasteiger partial charge in [-0.3, -0.25) is 4.98 Å². The van der Waals surface area contributed by atoms with E-state index in [1.165, 1.54) is 29.0 Å². The molecule has 0 radical (unpaired) electrons. The van der Waals surface area contributed by atoms with Crippen molar-refractivity contribution in [1.82, 2.24) is 15.3 Å². The normalized spacial score (nSPS) is 15.4. The van der Waals surface area contributed by atoms with E-state index in [0.717, 1.165) is 17.2 Å². The Morgan fingerprint density at radius 1 is 1.33 bits per heavy atom. The molecule has 1 N–H and O–H groups in total. The van der Waals surface area contributed by atoms with E-state index < -0.39 is 0 Å². The van der Waals surface area contributed by atoms with Gasteiger partial charge in [0.15, 0.2) is 0 Å². The summed E-state index contributed by atoms with van der Waals surface area (Å²) >= 11 is 1.79. The van der Waals surface area contributed by atoms with Crippen molar-refractivity contribution in [2.75, 3.05) is 0 Å². The molecule has 4 heteroatoms. The van der Waals surface area contributed by atoms with Gasteiger partial charge in [0.25, 0.3) is 0 Å². The van der Waals surface area contributed by atoms with Gasteiger partial charge in [0.2, 0.25) is 0 Å². The van der Waals surface area contributed by atoms with Crippen molar-refractivity contribution in [2.24, 2.45) is 0 Å². The lowest BCUT2D eigenvalue weighted by Crippen LogP contribution is -2.35. The second kappa shape index (κ2) is 5.50. The van der Waals surface area contributed by atoms with Crippen molar-refractivity contribution in [3.05, 3.63) is 34.5 Å². The molecule has 0 saturated heterocycles. The topological polar surface area (TPSA) is 37.8 Å². The fourth-order valence-electron chi connectivity index (χ4n) is 2.27. The molecule has 21 heavy (non-hydrogen) atoms. The van der Waals surface area contributed by atoms with E-state index in [1.807, 2.05) is 12.3 Å². The van der Waals surface area contributed by atoms with Crippen LogP contribution in [0.25, 0.3) is 10.7 Å². The highest BCUT2D eigenvalue weighted by Crippen LogP contribution is 2.44. The van der Waals surface area contributed by atoms with Gasteiger partial charge in [-0.05, 0) is 58.2 Å². The molecule has 2 heterocycles. The quantitative estimate of drug-likeness (QED) is 0.916. The minimum absolute atomic E-state index is 0.132. The van der Waals surface area contributed by atoms with Gasteiger partial charge in [-0.25, -0.2) is 4.98 Å². The van der Waals surface area contributed by atoms with Crippen LogP contribution in [0.1, 0.15) is 55.7 Å². The molecule has 1 fully saturated rings. The van der Waals surface area contributed by atoms with Crippen molar-refractivity contribution in [3.8, 4) is 10.7 Å². The predicted octanol–water partition coefficient (Wildman–Crippen LogP) is 4.28. The van der Waals surface area contributed by atoms with E-state index in [9.17, 15) is 0 Å². The maximum Gasteiger partial charge on any atom is 0.142 e. The molecule has 0 amide bonds. The zero-order chi connectivity index (χ0) is 15.0. The van der Waals surface area contributed by atoms with Gasteiger partial charge in [-0.15, -0.1) is 11.3 Å². The Labute approximate surface area is 130 Å². The third-order valence-electron chi connectivity index (χ3n) is 3.61. The summed E-state index contributed by atoms with van der Waals surface area (Å²) in [4.78, 5) is 10.8. The van der Waals surface area contributed by atoms with Crippen LogP contribution in [0.4, 0.5) is 0 Å². The van der Waals surface area contributed by atoms with Gasteiger partial charge in [0, 0.05) is 29.1 Å². The molecule has 112 valence electrons. The van der Waals surface area contributed by atoms with Gasteiger partial charge in [0.05, 0.1) is 11.4 Å². The molecule has 0 aromatic carbocycles. The first-order valence-corrected chi connectivity index (χ1v) is 8.42. The lowest BCUT2D eigenvalue weighted by atomic mass is 10.1. The second-order valence-electron chi connectivity index (χ2n) is 6.92. The third kappa shape index (κ3) is 3.69. The fraction of sp³-hybridized carbons (Fsp3) is 0.529. The van der Waals surface area contributed by atoms with Crippen molar-refractivity contribution in [2.45, 2.75) is 58.5 Å². The van der Waals surface area contributed by atoms with Crippen LogP contribution in [0.3, 0.4) is 0 Å². The average molecular weight is 301 g/mol. The smallest absolute Gasteiger partial charge is 0.142 e. The maximum atomic E-state index is 4.90. The van der Waals surface area contributed by atoms with Crippen LogP contribution >= 0.6 is 11.3 Å². The number of aromatic nitrogens is 2. The van der Waals surface area contributed by atoms with E-state index in [1.54, 1.807) is 11.3 Å². The van der Waals surface area contributed by atoms with E-state index in [4.69, 9.17) is 4.98 Å². The minimum Gasteiger partial charge on any atom is -0.307 e. The molecule has 0 unspecified atom stereocenters. The van der Waals surface area contributed by atoms with Crippen LogP contribution in [0.15, 0.2) is 18.3 Å². The Balaban J connectivity index is 1.89. The van der Waals surface area contributed by atoms with Gasteiger partial charge < -0.3 is 5.32 Å². The van der Waals surface area contributed by atoms with Crippen LogP contribution in [0.2, 0.25) is 0 Å². The first kappa shape index (κ1) is 14.7. The molecule has 2 aromatic heterocycles. The van der Waals surface area contributed by atoms with Crippen LogP contribution in [-0.2, 0) is 6.54 Å². The molecule has 1 saturated carbocycles. The lowest BCUT2D eigenvalue weighted by molar-refractivity contribution is 0.425. The molecular weight excluding hydrogens is 278 g/mol. The highest BCUT2D eigenvalue weighted by Gasteiger charge is 2.30. The highest BCUT2D eigenvalue weighted by molar-refractivity contribution is 7.15. The molecule has 2 aromatic rings. The Morgan fingerprint density at radius 2 is 2.10 bits per heavy atom. The zero-order valence-corrected chi connectivity index (χ0v) is 14.0. The maximum absolute atomic E-state index is 4.90. The summed E-state index contributed by atoms with van der Waals surface area (Å²) in [5, 5.41) is 4.65. The van der Waals surface area contributed by atoms with Crippen LogP contribution in [0, 0.1) is 6.92 Å². The van der Waals surface area contributed by atoms with E-state index in [-0.39, 0.29) is 5.54 Å². The van der Waals surface area contributed by atoms with Crippen LogP contribution in [0.5, 0.6) is 0 Å². The summed E-state index contributed by atoms with van der Waals surface area (Å²) < 4.78 is 0. The predicted molar refractivity (Wildman–Crippen MR) is 88.6 cm³/mol. The largest absolute Gasteiger partial charge is 0.307 e. The number of pyridine rings is 1. The highest BCUT2D eigenvalue weighted by atomic mass is 32.1. The van der Waals surface area contributed by atoms with E-state index in [0.29, 0.717) is 5.92 Å². The Bertz CT molecular complexity index is 636. The molecule has 3 rings (SSSR count). The Morgan fingerprint density at radius 3 is 2.71 bits per heavy atom. The van der Waals surface area contributed by atoms with Crippen molar-refractivity contribution >= 4 is 11.3 Å². The van der Waals surface area contributed by atoms with Crippen molar-refractivity contribution in [3.63, 3.8) is 0 Å². The number of aryl methyl sites for hydroxylation is 1. The Hall–Kier alpha value is -1.26. The molecule has 3 nitrogen and oxygen atoms in total. The number of thiazole rings is 1. The number of hydrogen-bond acceptors (Lipinski definition) is 4. The molecule has 1 aliphatic carbocycles. The molecule has 0 atom stereocenters. The standard InChI is InChI=1S/C17H23N3S/c1-11-7-8-18-13(9-11)16-20-15(12-5-6-12)14(21-16)10-19-17(2,3)4/h7-9,12,19H,5-6,10H2,1-4H3. The average Bonchev–Trinajstić information content (AvgIpc) is 3.15. The number of hydrogen-bond donors (Lipinski definition) is 1. The van der Waals surface area contributed by atoms with Gasteiger partial charge in [-0.2, -0.15) is 0 Å². The summed E-state index contributed by atoms with van der Waals surface area (Å²) in [6.45, 7) is 9.61. The summed E-state index contributed by atoms with van der Waals surface area (Å²) in [5.41, 5.74) is 3.67. The first-order chi connectivity index (χ1) is 9.92. The summed E-state index contributed by atoms with van der Waals surface area (Å²) in [6, 6.07) is 4.15. The van der Waals surface area contributed by atoms with Gasteiger partial charge in [0.1, 0.15) is 5.01 Å². The first-order valence-electron chi connectivity index (χ1n) is 7.60. The lowest BCUT2D eigenvalue weighted by Gasteiger charge is -2.20. The molecular formula is C17H23N3S. The van der Waals surface area contributed by atoms with Crippen molar-refractivity contribution in [1.29, 1.82) is 0 Å². The molecule has 0 bridgehead atoms. The fourth-order valence-corrected chi connectivity index (χ4v) is 3.33. The summed E-state index contributed by atoms with van der Waals surface area (Å²) in [7, 11) is 0. The number of rotatable bonds is 4. The van der Waals surface area contributed by atoms with E-state index in [2.05, 4.69) is 44.1 Å². The van der Waals surface area contributed by atoms with Gasteiger partial charge in [-0.1, -0.05) is 0 Å².